The minimum atomic E-state index is -1.23. The Morgan fingerprint density at radius 1 is 0.897 bits per heavy atom. The van der Waals surface area contributed by atoms with E-state index in [1.54, 1.807) is 6.41 Å². The van der Waals surface area contributed by atoms with E-state index in [4.69, 9.17) is 28.5 Å². The fraction of sp³-hybridized carbons (Fsp3) is 0.889. The Bertz CT molecular complexity index is 408. The first-order valence-corrected chi connectivity index (χ1v) is 10.7. The van der Waals surface area contributed by atoms with Gasteiger partial charge in [-0.25, -0.2) is 4.67 Å². The van der Waals surface area contributed by atoms with E-state index < -0.39 is 8.53 Å². The molecule has 0 aromatic heterocycles. The number of hydrogen-bond donors (Lipinski definition) is 1. The van der Waals surface area contributed by atoms with Crippen LogP contribution in [0.5, 0.6) is 0 Å². The van der Waals surface area contributed by atoms with E-state index in [2.05, 4.69) is 43.8 Å². The quantitative estimate of drug-likeness (QED) is 0.0905. The maximum Gasteiger partial charge on any atom is 0.259 e. The van der Waals surface area contributed by atoms with Gasteiger partial charge in [0.2, 0.25) is 0 Å². The Hall–Kier alpha value is -1.85. The van der Waals surface area contributed by atoms with Crippen LogP contribution in [-0.2, 0) is 28.1 Å². The molecule has 0 aliphatic heterocycles. The first kappa shape index (κ1) is 29.4. The van der Waals surface area contributed by atoms with E-state index in [9.17, 15) is 4.79 Å². The van der Waals surface area contributed by atoms with E-state index in [0.29, 0.717) is 65.8 Å². The van der Waals surface area contributed by atoms with Crippen LogP contribution in [0, 0.1) is 11.3 Å². The molecule has 0 fully saturated rings. The Morgan fingerprint density at radius 2 is 1.38 bits per heavy atom. The van der Waals surface area contributed by atoms with E-state index in [1.807, 2.05) is 0 Å². The second-order valence-corrected chi connectivity index (χ2v) is 7.70. The normalized spacial score (nSPS) is 12.1. The maximum absolute atomic E-state index is 9.92. The molecular formula is C18H35FmN3O6P-. The zero-order valence-electron chi connectivity index (χ0n) is 17.8. The molecule has 176 valence electrons. The summed E-state index contributed by atoms with van der Waals surface area (Å²) in [6.07, 6.45) is 1.92. The summed E-state index contributed by atoms with van der Waals surface area (Å²) in [6, 6.07) is 2.63. The molecular weight excluding hydrogens is 642 g/mol. The standard InChI is InChI=1S/C18H35N3O6P.Fm/c1-17(2)21(18(3)4)28(26-8-5-6-19)27-15-14-25-13-12-24-11-10-23-9-7-20-16-22;/h17-18H,5,7-15H2,1-4H3,(H,20,22);/q-1;. The third-order valence-electron chi connectivity index (χ3n) is 3.28. The number of carbonyl (C=O) groups excluding carboxylic acids is 1. The second kappa shape index (κ2) is 20.9. The SMILES string of the molecule is CC(C)N(C(C)C)P(OCCC#N)OCCOCCOCCOCCN[C-]=O.[Fm]. The Labute approximate surface area is 170 Å². The predicted octanol–water partition coefficient (Wildman–Crippen LogP) is 1.99. The summed E-state index contributed by atoms with van der Waals surface area (Å²) in [5, 5.41) is 11.1. The van der Waals surface area contributed by atoms with Gasteiger partial charge in [0.15, 0.2) is 0 Å². The molecule has 1 unspecified atom stereocenters. The molecule has 29 heavy (non-hydrogen) atoms. The van der Waals surface area contributed by atoms with Crippen LogP contribution in [0.2, 0.25) is 0 Å². The van der Waals surface area contributed by atoms with Crippen molar-refractivity contribution in [3.8, 4) is 6.07 Å². The molecule has 0 bridgehead atoms. The predicted molar refractivity (Wildman–Crippen MR) is 107 cm³/mol. The van der Waals surface area contributed by atoms with Crippen LogP contribution in [0.4, 0.5) is 0 Å². The molecule has 0 aliphatic rings. The largest absolute Gasteiger partial charge is 0.528 e. The van der Waals surface area contributed by atoms with Crippen molar-refractivity contribution in [2.75, 3.05) is 59.4 Å². The van der Waals surface area contributed by atoms with Gasteiger partial charge in [0.25, 0.3) is 8.53 Å². The first-order valence-electron chi connectivity index (χ1n) is 9.59. The van der Waals surface area contributed by atoms with Crippen molar-refractivity contribution in [1.29, 1.82) is 5.26 Å². The van der Waals surface area contributed by atoms with Crippen molar-refractivity contribution < 1.29 is 28.1 Å². The van der Waals surface area contributed by atoms with Gasteiger partial charge >= 0.3 is 0 Å². The molecule has 1 amide bonds. The van der Waals surface area contributed by atoms with E-state index in [-0.39, 0.29) is 12.1 Å². The summed E-state index contributed by atoms with van der Waals surface area (Å²) in [7, 11) is -1.23. The summed E-state index contributed by atoms with van der Waals surface area (Å²) < 4.78 is 30.0. The van der Waals surface area contributed by atoms with Gasteiger partial charge in [-0.2, -0.15) is 11.7 Å². The second-order valence-electron chi connectivity index (χ2n) is 6.25. The van der Waals surface area contributed by atoms with Gasteiger partial charge in [-0.15, -0.1) is 0 Å². The molecule has 0 saturated carbocycles. The summed E-state index contributed by atoms with van der Waals surface area (Å²) in [5.74, 6) is 0. The molecule has 1 N–H and O–H groups in total. The monoisotopic (exact) mass is 677 g/mol. The smallest absolute Gasteiger partial charge is 0.259 e. The number of amides is 1. The van der Waals surface area contributed by atoms with Crippen LogP contribution >= 0.6 is 8.53 Å². The fourth-order valence-electron chi connectivity index (χ4n) is 2.20. The number of hydrogen-bond acceptors (Lipinski definition) is 8. The van der Waals surface area contributed by atoms with Gasteiger partial charge in [-0.1, -0.05) is 0 Å². The van der Waals surface area contributed by atoms with Crippen LogP contribution in [0.1, 0.15) is 34.1 Å². The zero-order valence-corrected chi connectivity index (χ0v) is 21.1. The molecule has 0 radical (unpaired) electrons. The first-order chi connectivity index (χ1) is 13.5. The molecule has 0 aliphatic carbocycles. The molecule has 0 aromatic rings. The van der Waals surface area contributed by atoms with Crippen LogP contribution in [0.15, 0.2) is 0 Å². The van der Waals surface area contributed by atoms with Crippen LogP contribution in [0.25, 0.3) is 0 Å². The third kappa shape index (κ3) is 16.8. The van der Waals surface area contributed by atoms with Gasteiger partial charge in [-0.3, -0.25) is 0 Å². The van der Waals surface area contributed by atoms with Gasteiger partial charge in [0.05, 0.1) is 65.3 Å². The Balaban J connectivity index is 0. The number of rotatable bonds is 20. The van der Waals surface area contributed by atoms with Gasteiger partial charge in [0.1, 0.15) is 0 Å². The van der Waals surface area contributed by atoms with E-state index in [0.717, 1.165) is 0 Å². The Morgan fingerprint density at radius 3 is 1.86 bits per heavy atom. The number of nitriles is 1. The molecule has 1 atom stereocenters. The third-order valence-corrected chi connectivity index (χ3v) is 5.39. The summed E-state index contributed by atoms with van der Waals surface area (Å²) in [6.45, 7) is 12.4. The van der Waals surface area contributed by atoms with Crippen LogP contribution in [0.3, 0.4) is 0 Å². The van der Waals surface area contributed by atoms with E-state index >= 15 is 0 Å². The minimum absolute atomic E-state index is 0. The zero-order chi connectivity index (χ0) is 21.0. The van der Waals surface area contributed by atoms with Gasteiger partial charge in [-0.05, 0) is 27.7 Å². The van der Waals surface area contributed by atoms with Gasteiger partial charge in [0, 0.05) is 18.6 Å². The summed E-state index contributed by atoms with van der Waals surface area (Å²) in [5.41, 5.74) is 0. The van der Waals surface area contributed by atoms with Crippen molar-refractivity contribution in [3.63, 3.8) is 0 Å². The van der Waals surface area contributed by atoms with Crippen molar-refractivity contribution in [2.24, 2.45) is 0 Å². The summed E-state index contributed by atoms with van der Waals surface area (Å²) >= 11 is 0. The average molecular weight is 677 g/mol. The minimum Gasteiger partial charge on any atom is -0.528 e. The van der Waals surface area contributed by atoms with Crippen molar-refractivity contribution in [1.82, 2.24) is 9.99 Å². The number of nitrogens with zero attached hydrogens (tertiary/aromatic N) is 2. The van der Waals surface area contributed by atoms with Crippen molar-refractivity contribution >= 4 is 14.9 Å². The Kier molecular flexibility index (Phi) is 21.1. The topological polar surface area (TPSA) is 102 Å². The molecule has 0 heterocycles. The molecule has 0 aromatic carbocycles. The summed E-state index contributed by atoms with van der Waals surface area (Å²) in [4.78, 5) is 9.92. The van der Waals surface area contributed by atoms with Crippen LogP contribution < -0.4 is 5.32 Å². The van der Waals surface area contributed by atoms with Crippen LogP contribution in [-0.4, -0.2) is 82.6 Å². The van der Waals surface area contributed by atoms with Crippen molar-refractivity contribution in [2.45, 2.75) is 46.2 Å². The molecule has 11 heteroatoms. The maximum atomic E-state index is 9.92. The fourth-order valence-corrected chi connectivity index (χ4v) is 3.78. The molecule has 9 nitrogen and oxygen atoms in total. The van der Waals surface area contributed by atoms with Gasteiger partial charge < -0.3 is 33.4 Å². The van der Waals surface area contributed by atoms with Crippen molar-refractivity contribution in [3.05, 3.63) is 0 Å². The number of nitrogens with one attached hydrogen (secondary N) is 1. The van der Waals surface area contributed by atoms with E-state index in [1.165, 1.54) is 0 Å². The number of ether oxygens (including phenoxy) is 3. The molecule has 0 saturated heterocycles. The average Bonchev–Trinajstić information content (AvgIpc) is 2.64. The molecule has 0 spiro atoms. The molecule has 0 rings (SSSR count).